The summed E-state index contributed by atoms with van der Waals surface area (Å²) >= 11 is 0. The number of carbonyl (C=O) groups excluding carboxylic acids is 1. The van der Waals surface area contributed by atoms with E-state index in [9.17, 15) is 4.79 Å². The quantitative estimate of drug-likeness (QED) is 0.731. The van der Waals surface area contributed by atoms with Gasteiger partial charge in [0.05, 0.1) is 0 Å². The van der Waals surface area contributed by atoms with Crippen molar-refractivity contribution in [3.63, 3.8) is 0 Å². The van der Waals surface area contributed by atoms with Crippen molar-refractivity contribution in [2.75, 3.05) is 0 Å². The van der Waals surface area contributed by atoms with Gasteiger partial charge in [0.1, 0.15) is 5.60 Å². The molecule has 2 aliphatic rings. The molecule has 1 N–H and O–H groups in total. The Labute approximate surface area is 109 Å². The summed E-state index contributed by atoms with van der Waals surface area (Å²) in [6, 6.07) is 0.528. The van der Waals surface area contributed by atoms with Crippen LogP contribution in [-0.4, -0.2) is 24.0 Å². The van der Waals surface area contributed by atoms with Gasteiger partial charge in [0, 0.05) is 12.5 Å². The Morgan fingerprint density at radius 3 is 2.61 bits per heavy atom. The third-order valence-corrected chi connectivity index (χ3v) is 3.70. The summed E-state index contributed by atoms with van der Waals surface area (Å²) in [7, 11) is 0. The minimum absolute atomic E-state index is 0.159. The molecule has 4 heteroatoms. The molecule has 2 fully saturated rings. The number of hydrogen-bond donors (Lipinski definition) is 1. The fourth-order valence-corrected chi connectivity index (χ4v) is 2.94. The maximum atomic E-state index is 11.6. The Bertz CT molecular complexity index is 284. The van der Waals surface area contributed by atoms with Crippen LogP contribution in [0.1, 0.15) is 59.3 Å². The number of ether oxygens (including phenoxy) is 2. The Kier molecular flexibility index (Phi) is 4.15. The van der Waals surface area contributed by atoms with Gasteiger partial charge in [0.2, 0.25) is 0 Å². The molecule has 1 saturated heterocycles. The summed E-state index contributed by atoms with van der Waals surface area (Å²) in [6.45, 7) is 5.54. The van der Waals surface area contributed by atoms with Gasteiger partial charge in [0.15, 0.2) is 6.23 Å². The fraction of sp³-hybridized carbons (Fsp3) is 0.929. The van der Waals surface area contributed by atoms with Crippen LogP contribution in [0.2, 0.25) is 0 Å². The van der Waals surface area contributed by atoms with Crippen molar-refractivity contribution in [1.82, 2.24) is 5.32 Å². The molecule has 0 radical (unpaired) electrons. The first-order valence-corrected chi connectivity index (χ1v) is 7.10. The Morgan fingerprint density at radius 1 is 1.17 bits per heavy atom. The van der Waals surface area contributed by atoms with Crippen LogP contribution in [0.25, 0.3) is 0 Å². The smallest absolute Gasteiger partial charge is 0.429 e. The topological polar surface area (TPSA) is 47.6 Å². The second-order valence-electron chi connectivity index (χ2n) is 6.48. The molecule has 0 spiro atoms. The molecule has 104 valence electrons. The Morgan fingerprint density at radius 2 is 1.89 bits per heavy atom. The molecule has 0 aromatic rings. The number of hydrogen-bond acceptors (Lipinski definition) is 4. The first-order chi connectivity index (χ1) is 8.44. The molecule has 2 rings (SSSR count). The summed E-state index contributed by atoms with van der Waals surface area (Å²) < 4.78 is 10.5. The molecule has 2 unspecified atom stereocenters. The van der Waals surface area contributed by atoms with Gasteiger partial charge in [0.25, 0.3) is 0 Å². The lowest BCUT2D eigenvalue weighted by molar-refractivity contribution is -0.0310. The van der Waals surface area contributed by atoms with E-state index >= 15 is 0 Å². The molecule has 1 heterocycles. The van der Waals surface area contributed by atoms with Crippen LogP contribution in [0.5, 0.6) is 0 Å². The normalized spacial score (nSPS) is 32.5. The van der Waals surface area contributed by atoms with Gasteiger partial charge in [-0.25, -0.2) is 4.79 Å². The average Bonchev–Trinajstić information content (AvgIpc) is 2.44. The standard InChI is InChI=1S/C14H25NO3/c1-14(2,3)18-13(16)17-12-9-10-7-5-4-6-8-11(10)15-12/h10-12,15H,4-9H2,1-3H3/t10?,11-,12?/m1/s1. The summed E-state index contributed by atoms with van der Waals surface area (Å²) in [4.78, 5) is 11.6. The third kappa shape index (κ3) is 3.87. The molecular weight excluding hydrogens is 230 g/mol. The fourth-order valence-electron chi connectivity index (χ4n) is 2.94. The lowest BCUT2D eigenvalue weighted by atomic mass is 9.96. The number of carbonyl (C=O) groups is 1. The van der Waals surface area contributed by atoms with Crippen molar-refractivity contribution < 1.29 is 14.3 Å². The molecular formula is C14H25NO3. The maximum Gasteiger partial charge on any atom is 0.510 e. The van der Waals surface area contributed by atoms with Gasteiger partial charge in [-0.1, -0.05) is 19.3 Å². The van der Waals surface area contributed by atoms with Crippen LogP contribution in [-0.2, 0) is 9.47 Å². The van der Waals surface area contributed by atoms with Gasteiger partial charge in [-0.3, -0.25) is 5.32 Å². The summed E-state index contributed by atoms with van der Waals surface area (Å²) in [6.07, 6.45) is 6.61. The van der Waals surface area contributed by atoms with Gasteiger partial charge in [-0.05, 0) is 39.5 Å². The minimum Gasteiger partial charge on any atom is -0.429 e. The van der Waals surface area contributed by atoms with Gasteiger partial charge < -0.3 is 9.47 Å². The Hall–Kier alpha value is -0.770. The molecule has 0 aromatic heterocycles. The van der Waals surface area contributed by atoms with E-state index in [1.807, 2.05) is 20.8 Å². The zero-order chi connectivity index (χ0) is 13.2. The van der Waals surface area contributed by atoms with Crippen LogP contribution >= 0.6 is 0 Å². The van der Waals surface area contributed by atoms with Crippen molar-refractivity contribution in [2.24, 2.45) is 5.92 Å². The van der Waals surface area contributed by atoms with E-state index in [1.165, 1.54) is 32.1 Å². The molecule has 3 atom stereocenters. The molecule has 0 bridgehead atoms. The largest absolute Gasteiger partial charge is 0.510 e. The highest BCUT2D eigenvalue weighted by molar-refractivity contribution is 5.60. The maximum absolute atomic E-state index is 11.6. The minimum atomic E-state index is -0.559. The van der Waals surface area contributed by atoms with Crippen molar-refractivity contribution in [3.8, 4) is 0 Å². The monoisotopic (exact) mass is 255 g/mol. The molecule has 0 aromatic carbocycles. The lowest BCUT2D eigenvalue weighted by Crippen LogP contribution is -2.35. The molecule has 0 amide bonds. The van der Waals surface area contributed by atoms with Crippen molar-refractivity contribution in [1.29, 1.82) is 0 Å². The Balaban J connectivity index is 1.80. The highest BCUT2D eigenvalue weighted by Crippen LogP contribution is 2.32. The van der Waals surface area contributed by atoms with Crippen LogP contribution in [0.4, 0.5) is 4.79 Å². The SMILES string of the molecule is CC(C)(C)OC(=O)OC1CC2CCCCC[C@H]2N1. The summed E-state index contributed by atoms with van der Waals surface area (Å²) in [5.41, 5.74) is -0.486. The van der Waals surface area contributed by atoms with E-state index in [4.69, 9.17) is 9.47 Å². The zero-order valence-electron chi connectivity index (χ0n) is 11.7. The highest BCUT2D eigenvalue weighted by Gasteiger charge is 2.36. The predicted molar refractivity (Wildman–Crippen MR) is 69.2 cm³/mol. The van der Waals surface area contributed by atoms with E-state index in [0.717, 1.165) is 6.42 Å². The predicted octanol–water partition coefficient (Wildman–Crippen LogP) is 3.21. The number of nitrogens with one attached hydrogen (secondary N) is 1. The van der Waals surface area contributed by atoms with E-state index in [2.05, 4.69) is 5.32 Å². The zero-order valence-corrected chi connectivity index (χ0v) is 11.7. The second kappa shape index (κ2) is 5.47. The van der Waals surface area contributed by atoms with E-state index in [0.29, 0.717) is 12.0 Å². The van der Waals surface area contributed by atoms with E-state index in [-0.39, 0.29) is 6.23 Å². The van der Waals surface area contributed by atoms with Crippen molar-refractivity contribution in [3.05, 3.63) is 0 Å². The number of fused-ring (bicyclic) bond motifs is 1. The molecule has 1 aliphatic heterocycles. The highest BCUT2D eigenvalue weighted by atomic mass is 16.7. The van der Waals surface area contributed by atoms with Crippen molar-refractivity contribution >= 4 is 6.16 Å². The van der Waals surface area contributed by atoms with Gasteiger partial charge in [-0.2, -0.15) is 0 Å². The van der Waals surface area contributed by atoms with Gasteiger partial charge >= 0.3 is 6.16 Å². The summed E-state index contributed by atoms with van der Waals surface area (Å²) in [5.74, 6) is 0.667. The molecule has 1 aliphatic carbocycles. The lowest BCUT2D eigenvalue weighted by Gasteiger charge is -2.21. The van der Waals surface area contributed by atoms with E-state index < -0.39 is 11.8 Å². The first-order valence-electron chi connectivity index (χ1n) is 7.10. The molecule has 18 heavy (non-hydrogen) atoms. The average molecular weight is 255 g/mol. The van der Waals surface area contributed by atoms with Crippen LogP contribution in [0.15, 0.2) is 0 Å². The van der Waals surface area contributed by atoms with E-state index in [1.54, 1.807) is 0 Å². The van der Waals surface area contributed by atoms with Crippen LogP contribution < -0.4 is 5.32 Å². The van der Waals surface area contributed by atoms with Crippen LogP contribution in [0.3, 0.4) is 0 Å². The van der Waals surface area contributed by atoms with Crippen molar-refractivity contribution in [2.45, 2.75) is 77.2 Å². The second-order valence-corrected chi connectivity index (χ2v) is 6.48. The third-order valence-electron chi connectivity index (χ3n) is 3.70. The van der Waals surface area contributed by atoms with Crippen LogP contribution in [0, 0.1) is 5.92 Å². The number of rotatable bonds is 1. The van der Waals surface area contributed by atoms with Gasteiger partial charge in [-0.15, -0.1) is 0 Å². The molecule has 4 nitrogen and oxygen atoms in total. The first kappa shape index (κ1) is 13.7. The summed E-state index contributed by atoms with van der Waals surface area (Å²) in [5, 5.41) is 3.43. The molecule has 1 saturated carbocycles.